The van der Waals surface area contributed by atoms with Gasteiger partial charge in [-0.05, 0) is 60.5 Å². The first-order chi connectivity index (χ1) is 21.9. The van der Waals surface area contributed by atoms with Crippen LogP contribution >= 0.6 is 11.8 Å². The SMILES string of the molecule is C[C@H](NC(=O)OCc1ccccc1)C(=O)Nc1ccc(C2S/C(=N\c3cccc(F)c3)N(CCOc3ccccc3)C2=O)cc1. The van der Waals surface area contributed by atoms with Crippen LogP contribution in [0.4, 0.5) is 20.6 Å². The van der Waals surface area contributed by atoms with Crippen LogP contribution in [0, 0.1) is 5.82 Å². The summed E-state index contributed by atoms with van der Waals surface area (Å²) in [6.45, 7) is 2.13. The fraction of sp³-hybridized carbons (Fsp3) is 0.176. The lowest BCUT2D eigenvalue weighted by Crippen LogP contribution is -2.41. The molecule has 0 radical (unpaired) electrons. The summed E-state index contributed by atoms with van der Waals surface area (Å²) >= 11 is 1.26. The number of rotatable bonds is 11. The number of hydrogen-bond acceptors (Lipinski definition) is 7. The highest BCUT2D eigenvalue weighted by atomic mass is 32.2. The Morgan fingerprint density at radius 1 is 0.956 bits per heavy atom. The first kappa shape index (κ1) is 31.3. The van der Waals surface area contributed by atoms with Crippen molar-refractivity contribution in [1.82, 2.24) is 10.2 Å². The van der Waals surface area contributed by atoms with E-state index in [4.69, 9.17) is 9.47 Å². The van der Waals surface area contributed by atoms with Crippen molar-refractivity contribution in [3.63, 3.8) is 0 Å². The van der Waals surface area contributed by atoms with Crippen molar-refractivity contribution in [2.24, 2.45) is 4.99 Å². The van der Waals surface area contributed by atoms with Gasteiger partial charge in [-0.3, -0.25) is 14.5 Å². The number of benzene rings is 4. The van der Waals surface area contributed by atoms with E-state index in [1.54, 1.807) is 48.2 Å². The van der Waals surface area contributed by atoms with Crippen molar-refractivity contribution < 1.29 is 28.2 Å². The van der Waals surface area contributed by atoms with Gasteiger partial charge in [0.2, 0.25) is 11.8 Å². The lowest BCUT2D eigenvalue weighted by molar-refractivity contribution is -0.126. The molecule has 4 aromatic rings. The fourth-order valence-electron chi connectivity index (χ4n) is 4.38. The van der Waals surface area contributed by atoms with Gasteiger partial charge < -0.3 is 20.1 Å². The maximum atomic E-state index is 13.9. The summed E-state index contributed by atoms with van der Waals surface area (Å²) in [5.41, 5.74) is 2.42. The molecule has 5 rings (SSSR count). The van der Waals surface area contributed by atoms with Crippen molar-refractivity contribution in [2.75, 3.05) is 18.5 Å². The van der Waals surface area contributed by atoms with Crippen molar-refractivity contribution in [3.8, 4) is 5.75 Å². The smallest absolute Gasteiger partial charge is 0.408 e. The predicted octanol–water partition coefficient (Wildman–Crippen LogP) is 6.46. The second-order valence-corrected chi connectivity index (χ2v) is 11.1. The second-order valence-electron chi connectivity index (χ2n) is 10.1. The molecule has 11 heteroatoms. The predicted molar refractivity (Wildman–Crippen MR) is 172 cm³/mol. The third kappa shape index (κ3) is 8.70. The zero-order valence-corrected chi connectivity index (χ0v) is 25.2. The van der Waals surface area contributed by atoms with Gasteiger partial charge in [0.25, 0.3) is 0 Å². The van der Waals surface area contributed by atoms with E-state index in [2.05, 4.69) is 15.6 Å². The second kappa shape index (κ2) is 15.0. The number of amides is 3. The van der Waals surface area contributed by atoms with Crippen LogP contribution in [0.1, 0.15) is 23.3 Å². The number of nitrogens with zero attached hydrogens (tertiary/aromatic N) is 2. The molecule has 1 heterocycles. The third-order valence-electron chi connectivity index (χ3n) is 6.73. The van der Waals surface area contributed by atoms with Gasteiger partial charge in [-0.1, -0.05) is 78.5 Å². The van der Waals surface area contributed by atoms with Crippen LogP contribution in [0.5, 0.6) is 5.75 Å². The number of carbonyl (C=O) groups excluding carboxylic acids is 3. The minimum atomic E-state index is -0.854. The van der Waals surface area contributed by atoms with E-state index in [0.29, 0.717) is 27.9 Å². The van der Waals surface area contributed by atoms with Crippen LogP contribution in [0.25, 0.3) is 0 Å². The summed E-state index contributed by atoms with van der Waals surface area (Å²) < 4.78 is 24.8. The molecule has 9 nitrogen and oxygen atoms in total. The Labute approximate surface area is 264 Å². The van der Waals surface area contributed by atoms with Crippen LogP contribution < -0.4 is 15.4 Å². The fourth-order valence-corrected chi connectivity index (χ4v) is 5.58. The summed E-state index contributed by atoms with van der Waals surface area (Å²) in [7, 11) is 0. The van der Waals surface area contributed by atoms with Crippen LogP contribution in [0.15, 0.2) is 114 Å². The lowest BCUT2D eigenvalue weighted by atomic mass is 10.1. The van der Waals surface area contributed by atoms with E-state index in [-0.39, 0.29) is 25.7 Å². The van der Waals surface area contributed by atoms with E-state index in [9.17, 15) is 18.8 Å². The third-order valence-corrected chi connectivity index (χ3v) is 7.96. The van der Waals surface area contributed by atoms with Gasteiger partial charge in [0.05, 0.1) is 12.2 Å². The molecule has 1 unspecified atom stereocenters. The quantitative estimate of drug-likeness (QED) is 0.198. The van der Waals surface area contributed by atoms with Crippen molar-refractivity contribution in [3.05, 3.63) is 126 Å². The van der Waals surface area contributed by atoms with Crippen molar-refractivity contribution >= 4 is 46.2 Å². The Morgan fingerprint density at radius 2 is 1.67 bits per heavy atom. The number of nitrogens with one attached hydrogen (secondary N) is 2. The first-order valence-electron chi connectivity index (χ1n) is 14.2. The summed E-state index contributed by atoms with van der Waals surface area (Å²) in [6.07, 6.45) is -0.706. The molecule has 0 spiro atoms. The van der Waals surface area contributed by atoms with Crippen LogP contribution in [0.3, 0.4) is 0 Å². The van der Waals surface area contributed by atoms with Gasteiger partial charge in [0.1, 0.15) is 36.1 Å². The van der Waals surface area contributed by atoms with Crippen LogP contribution in [-0.2, 0) is 20.9 Å². The Morgan fingerprint density at radius 3 is 2.38 bits per heavy atom. The summed E-state index contributed by atoms with van der Waals surface area (Å²) in [5, 5.41) is 5.12. The van der Waals surface area contributed by atoms with Gasteiger partial charge in [-0.15, -0.1) is 0 Å². The maximum absolute atomic E-state index is 13.9. The molecular weight excluding hydrogens is 595 g/mol. The molecule has 2 N–H and O–H groups in total. The highest BCUT2D eigenvalue weighted by Crippen LogP contribution is 2.40. The van der Waals surface area contributed by atoms with Gasteiger partial charge in [0, 0.05) is 5.69 Å². The standard InChI is InChI=1S/C34H31FN4O5S/c1-23(36-34(42)44-22-24-9-4-2-5-10-24)31(40)37-27-17-15-25(16-18-27)30-32(41)39(19-20-43-29-13-6-3-7-14-29)33(45-30)38-28-12-8-11-26(35)21-28/h2-18,21,23,30H,19-20,22H2,1H3,(H,36,42)(H,37,40)/b38-33-/t23-,30?/m0/s1. The molecule has 3 amide bonds. The number of alkyl carbamates (subject to hydrolysis) is 1. The Bertz CT molecular complexity index is 1650. The number of carbonyl (C=O) groups is 3. The molecule has 0 saturated carbocycles. The largest absolute Gasteiger partial charge is 0.492 e. The zero-order valence-electron chi connectivity index (χ0n) is 24.4. The number of halogens is 1. The van der Waals surface area contributed by atoms with Crippen LogP contribution in [0.2, 0.25) is 0 Å². The number of hydrogen-bond donors (Lipinski definition) is 2. The average Bonchev–Trinajstić information content (AvgIpc) is 3.35. The van der Waals surface area contributed by atoms with Gasteiger partial charge in [0.15, 0.2) is 5.17 Å². The number of thioether (sulfide) groups is 1. The first-order valence-corrected chi connectivity index (χ1v) is 15.1. The molecule has 1 aliphatic heterocycles. The van der Waals surface area contributed by atoms with Gasteiger partial charge >= 0.3 is 6.09 Å². The minimum Gasteiger partial charge on any atom is -0.492 e. The number of amidine groups is 1. The molecule has 1 aliphatic rings. The molecule has 0 aliphatic carbocycles. The molecule has 1 saturated heterocycles. The van der Waals surface area contributed by atoms with Crippen LogP contribution in [-0.4, -0.2) is 47.2 Å². The minimum absolute atomic E-state index is 0.0898. The summed E-state index contributed by atoms with van der Waals surface area (Å²) in [5.74, 6) is -0.355. The van der Waals surface area contributed by atoms with Crippen molar-refractivity contribution in [2.45, 2.75) is 24.8 Å². The van der Waals surface area contributed by atoms with Crippen molar-refractivity contribution in [1.29, 1.82) is 0 Å². The molecule has 4 aromatic carbocycles. The average molecular weight is 627 g/mol. The molecule has 2 atom stereocenters. The number of aliphatic imine (C=N–C) groups is 1. The Kier molecular flexibility index (Phi) is 10.4. The van der Waals surface area contributed by atoms with E-state index in [1.807, 2.05) is 60.7 Å². The summed E-state index contributed by atoms with van der Waals surface area (Å²) in [4.78, 5) is 44.5. The van der Waals surface area contributed by atoms with Gasteiger partial charge in [-0.25, -0.2) is 14.2 Å². The van der Waals surface area contributed by atoms with E-state index >= 15 is 0 Å². The van der Waals surface area contributed by atoms with E-state index in [1.165, 1.54) is 23.9 Å². The topological polar surface area (TPSA) is 109 Å². The zero-order chi connectivity index (χ0) is 31.6. The molecule has 0 bridgehead atoms. The maximum Gasteiger partial charge on any atom is 0.408 e. The van der Waals surface area contributed by atoms with E-state index < -0.39 is 29.1 Å². The highest BCUT2D eigenvalue weighted by molar-refractivity contribution is 8.15. The monoisotopic (exact) mass is 626 g/mol. The van der Waals surface area contributed by atoms with E-state index in [0.717, 1.165) is 5.56 Å². The number of ether oxygens (including phenoxy) is 2. The number of para-hydroxylation sites is 1. The molecule has 0 aromatic heterocycles. The highest BCUT2D eigenvalue weighted by Gasteiger charge is 2.39. The molecular formula is C34H31FN4O5S. The number of anilines is 1. The lowest BCUT2D eigenvalue weighted by Gasteiger charge is -2.17. The molecule has 230 valence electrons. The molecule has 45 heavy (non-hydrogen) atoms. The normalized spacial score (nSPS) is 15.9. The summed E-state index contributed by atoms with van der Waals surface area (Å²) in [6, 6.07) is 30.4. The molecule has 1 fully saturated rings. The van der Waals surface area contributed by atoms with Gasteiger partial charge in [-0.2, -0.15) is 0 Å². The Hall–Kier alpha value is -5.16. The Balaban J connectivity index is 1.21.